The Morgan fingerprint density at radius 1 is 1.50 bits per heavy atom. The topological polar surface area (TPSA) is 64.9 Å². The SMILES string of the molecule is CCNC(=O)C(C)NCCCCC#N. The van der Waals surface area contributed by atoms with Crippen LogP contribution in [0, 0.1) is 11.3 Å². The third-order valence-corrected chi connectivity index (χ3v) is 1.91. The van der Waals surface area contributed by atoms with Crippen molar-refractivity contribution >= 4 is 5.91 Å². The van der Waals surface area contributed by atoms with Gasteiger partial charge in [0.2, 0.25) is 5.91 Å². The monoisotopic (exact) mass is 197 g/mol. The largest absolute Gasteiger partial charge is 0.355 e. The molecule has 1 unspecified atom stereocenters. The van der Waals surface area contributed by atoms with Crippen LogP contribution in [-0.2, 0) is 4.79 Å². The van der Waals surface area contributed by atoms with Gasteiger partial charge in [-0.1, -0.05) is 0 Å². The summed E-state index contributed by atoms with van der Waals surface area (Å²) >= 11 is 0. The maximum Gasteiger partial charge on any atom is 0.236 e. The fraction of sp³-hybridized carbons (Fsp3) is 0.800. The van der Waals surface area contributed by atoms with E-state index in [1.807, 2.05) is 13.8 Å². The Hall–Kier alpha value is -1.08. The number of carbonyl (C=O) groups is 1. The minimum absolute atomic E-state index is 0.0350. The van der Waals surface area contributed by atoms with Gasteiger partial charge in [-0.25, -0.2) is 0 Å². The third kappa shape index (κ3) is 6.44. The van der Waals surface area contributed by atoms with Crippen LogP contribution in [0.1, 0.15) is 33.1 Å². The van der Waals surface area contributed by atoms with Gasteiger partial charge < -0.3 is 10.6 Å². The van der Waals surface area contributed by atoms with Gasteiger partial charge in [0.05, 0.1) is 12.1 Å². The van der Waals surface area contributed by atoms with Gasteiger partial charge in [0.25, 0.3) is 0 Å². The lowest BCUT2D eigenvalue weighted by molar-refractivity contribution is -0.122. The first-order valence-corrected chi connectivity index (χ1v) is 5.10. The number of rotatable bonds is 7. The molecule has 4 nitrogen and oxygen atoms in total. The van der Waals surface area contributed by atoms with Gasteiger partial charge in [-0.15, -0.1) is 0 Å². The number of hydrogen-bond donors (Lipinski definition) is 2. The fourth-order valence-corrected chi connectivity index (χ4v) is 1.07. The summed E-state index contributed by atoms with van der Waals surface area (Å²) in [7, 11) is 0. The summed E-state index contributed by atoms with van der Waals surface area (Å²) in [6, 6.07) is 1.95. The lowest BCUT2D eigenvalue weighted by atomic mass is 10.2. The summed E-state index contributed by atoms with van der Waals surface area (Å²) in [6.45, 7) is 5.20. The average molecular weight is 197 g/mol. The molecule has 0 bridgehead atoms. The van der Waals surface area contributed by atoms with Gasteiger partial charge in [-0.05, 0) is 33.2 Å². The van der Waals surface area contributed by atoms with Gasteiger partial charge >= 0.3 is 0 Å². The van der Waals surface area contributed by atoms with Crippen LogP contribution in [0.3, 0.4) is 0 Å². The summed E-state index contributed by atoms with van der Waals surface area (Å²) in [5, 5.41) is 14.1. The first kappa shape index (κ1) is 12.9. The van der Waals surface area contributed by atoms with Gasteiger partial charge in [0, 0.05) is 13.0 Å². The molecule has 0 saturated heterocycles. The van der Waals surface area contributed by atoms with Crippen LogP contribution in [0.25, 0.3) is 0 Å². The number of amides is 1. The van der Waals surface area contributed by atoms with Crippen LogP contribution < -0.4 is 10.6 Å². The van der Waals surface area contributed by atoms with Crippen molar-refractivity contribution in [2.75, 3.05) is 13.1 Å². The third-order valence-electron chi connectivity index (χ3n) is 1.91. The summed E-state index contributed by atoms with van der Waals surface area (Å²) in [4.78, 5) is 11.2. The maximum atomic E-state index is 11.2. The molecule has 4 heteroatoms. The molecular formula is C10H19N3O. The lowest BCUT2D eigenvalue weighted by Crippen LogP contribution is -2.42. The first-order valence-electron chi connectivity index (χ1n) is 5.10. The molecule has 0 aromatic heterocycles. The highest BCUT2D eigenvalue weighted by atomic mass is 16.2. The number of likely N-dealkylation sites (N-methyl/N-ethyl adjacent to an activating group) is 1. The summed E-state index contributed by atoms with van der Waals surface area (Å²) < 4.78 is 0. The highest BCUT2D eigenvalue weighted by Gasteiger charge is 2.09. The molecule has 0 aliphatic rings. The summed E-state index contributed by atoms with van der Waals surface area (Å²) in [5.74, 6) is 0.0350. The molecule has 2 N–H and O–H groups in total. The zero-order valence-corrected chi connectivity index (χ0v) is 8.97. The highest BCUT2D eigenvalue weighted by molar-refractivity contribution is 5.81. The maximum absolute atomic E-state index is 11.2. The predicted molar refractivity (Wildman–Crippen MR) is 55.6 cm³/mol. The van der Waals surface area contributed by atoms with Gasteiger partial charge in [-0.3, -0.25) is 4.79 Å². The van der Waals surface area contributed by atoms with Crippen molar-refractivity contribution in [2.45, 2.75) is 39.2 Å². The number of nitrogens with one attached hydrogen (secondary N) is 2. The molecular weight excluding hydrogens is 178 g/mol. The molecule has 80 valence electrons. The molecule has 0 radical (unpaired) electrons. The van der Waals surface area contributed by atoms with E-state index in [1.165, 1.54) is 0 Å². The second-order valence-corrected chi connectivity index (χ2v) is 3.19. The van der Waals surface area contributed by atoms with Crippen LogP contribution in [0.4, 0.5) is 0 Å². The van der Waals surface area contributed by atoms with Crippen LogP contribution >= 0.6 is 0 Å². The molecule has 0 rings (SSSR count). The Kier molecular flexibility index (Phi) is 7.86. The van der Waals surface area contributed by atoms with E-state index in [0.29, 0.717) is 13.0 Å². The Balaban J connectivity index is 3.39. The highest BCUT2D eigenvalue weighted by Crippen LogP contribution is 1.92. The summed E-state index contributed by atoms with van der Waals surface area (Å²) in [5.41, 5.74) is 0. The van der Waals surface area contributed by atoms with Gasteiger partial charge in [-0.2, -0.15) is 5.26 Å². The van der Waals surface area contributed by atoms with Gasteiger partial charge in [0.1, 0.15) is 0 Å². The Morgan fingerprint density at radius 2 is 2.21 bits per heavy atom. The normalized spacial score (nSPS) is 11.8. The molecule has 0 aliphatic heterocycles. The van der Waals surface area contributed by atoms with Crippen LogP contribution in [0.2, 0.25) is 0 Å². The number of nitrogens with zero attached hydrogens (tertiary/aromatic N) is 1. The first-order chi connectivity index (χ1) is 6.72. The van der Waals surface area contributed by atoms with Crippen LogP contribution in [0.15, 0.2) is 0 Å². The van der Waals surface area contributed by atoms with E-state index in [4.69, 9.17) is 5.26 Å². The molecule has 0 aromatic rings. The lowest BCUT2D eigenvalue weighted by Gasteiger charge is -2.12. The Bertz CT molecular complexity index is 198. The molecule has 0 aromatic carbocycles. The minimum atomic E-state index is -0.142. The molecule has 1 amide bonds. The van der Waals surface area contributed by atoms with E-state index in [1.54, 1.807) is 0 Å². The average Bonchev–Trinajstić information content (AvgIpc) is 2.17. The smallest absolute Gasteiger partial charge is 0.236 e. The standard InChI is InChI=1S/C10H19N3O/c1-3-12-10(14)9(2)13-8-6-4-5-7-11/h9,13H,3-6,8H2,1-2H3,(H,12,14). The number of hydrogen-bond acceptors (Lipinski definition) is 3. The van der Waals surface area contributed by atoms with E-state index in [2.05, 4.69) is 16.7 Å². The van der Waals surface area contributed by atoms with Crippen molar-refractivity contribution in [3.05, 3.63) is 0 Å². The van der Waals surface area contributed by atoms with Crippen molar-refractivity contribution in [3.63, 3.8) is 0 Å². The molecule has 0 saturated carbocycles. The summed E-state index contributed by atoms with van der Waals surface area (Å²) in [6.07, 6.45) is 2.43. The second kappa shape index (κ2) is 8.52. The molecule has 0 aliphatic carbocycles. The zero-order valence-electron chi connectivity index (χ0n) is 8.97. The molecule has 0 fully saturated rings. The quantitative estimate of drug-likeness (QED) is 0.593. The van der Waals surface area contributed by atoms with E-state index in [0.717, 1.165) is 19.4 Å². The number of carbonyl (C=O) groups excluding carboxylic acids is 1. The minimum Gasteiger partial charge on any atom is -0.355 e. The van der Waals surface area contributed by atoms with E-state index in [-0.39, 0.29) is 11.9 Å². The molecule has 0 spiro atoms. The van der Waals surface area contributed by atoms with Crippen LogP contribution in [-0.4, -0.2) is 25.0 Å². The van der Waals surface area contributed by atoms with Crippen molar-refractivity contribution in [3.8, 4) is 6.07 Å². The van der Waals surface area contributed by atoms with E-state index in [9.17, 15) is 4.79 Å². The van der Waals surface area contributed by atoms with Crippen molar-refractivity contribution in [1.82, 2.24) is 10.6 Å². The van der Waals surface area contributed by atoms with E-state index < -0.39 is 0 Å². The van der Waals surface area contributed by atoms with E-state index >= 15 is 0 Å². The molecule has 14 heavy (non-hydrogen) atoms. The Morgan fingerprint density at radius 3 is 2.79 bits per heavy atom. The second-order valence-electron chi connectivity index (χ2n) is 3.19. The van der Waals surface area contributed by atoms with Crippen molar-refractivity contribution < 1.29 is 4.79 Å². The molecule has 0 heterocycles. The predicted octanol–water partition coefficient (Wildman–Crippen LogP) is 0.794. The van der Waals surface area contributed by atoms with Crippen molar-refractivity contribution in [1.29, 1.82) is 5.26 Å². The van der Waals surface area contributed by atoms with Crippen molar-refractivity contribution in [2.24, 2.45) is 0 Å². The fourth-order valence-electron chi connectivity index (χ4n) is 1.07. The number of nitriles is 1. The number of unbranched alkanes of at least 4 members (excludes halogenated alkanes) is 2. The van der Waals surface area contributed by atoms with Gasteiger partial charge in [0.15, 0.2) is 0 Å². The Labute approximate surface area is 85.7 Å². The zero-order chi connectivity index (χ0) is 10.8. The van der Waals surface area contributed by atoms with Crippen LogP contribution in [0.5, 0.6) is 0 Å². The molecule has 1 atom stereocenters.